The molecule has 0 fully saturated rings. The molecule has 1 aromatic heterocycles. The quantitative estimate of drug-likeness (QED) is 0.934. The molecule has 1 aromatic carbocycles. The van der Waals surface area contributed by atoms with Crippen molar-refractivity contribution < 1.29 is 18.3 Å². The average Bonchev–Trinajstić information content (AvgIpc) is 2.93. The number of alkyl halides is 2. The highest BCUT2D eigenvalue weighted by molar-refractivity contribution is 7.09. The number of benzene rings is 1. The first-order chi connectivity index (χ1) is 9.03. The number of aromatic nitrogens is 1. The molecule has 2 heterocycles. The maximum atomic E-state index is 12.9. The van der Waals surface area contributed by atoms with Gasteiger partial charge in [-0.25, -0.2) is 4.98 Å². The van der Waals surface area contributed by atoms with Gasteiger partial charge in [-0.2, -0.15) is 0 Å². The summed E-state index contributed by atoms with van der Waals surface area (Å²) < 4.78 is 34.5. The Hall–Kier alpha value is -1.89. The normalized spacial score (nSPS) is 17.2. The molecular weight excluding hydrogens is 274 g/mol. The molecule has 100 valence electrons. The number of nitrogens with one attached hydrogen (secondary N) is 1. The zero-order chi connectivity index (χ0) is 13.5. The number of rotatable bonds is 3. The summed E-state index contributed by atoms with van der Waals surface area (Å²) in [5.74, 6) is 0.0683. The zero-order valence-electron chi connectivity index (χ0n) is 9.89. The largest absolute Gasteiger partial charge is 0.586 e. The van der Waals surface area contributed by atoms with Crippen LogP contribution < -0.4 is 14.8 Å². The number of anilines is 1. The summed E-state index contributed by atoms with van der Waals surface area (Å²) in [7, 11) is 0. The Morgan fingerprint density at radius 3 is 2.84 bits per heavy atom. The van der Waals surface area contributed by atoms with Crippen molar-refractivity contribution in [1.29, 1.82) is 0 Å². The molecule has 1 atom stereocenters. The highest BCUT2D eigenvalue weighted by atomic mass is 32.1. The third-order valence-corrected chi connectivity index (χ3v) is 3.56. The van der Waals surface area contributed by atoms with Crippen LogP contribution in [0.25, 0.3) is 0 Å². The van der Waals surface area contributed by atoms with Gasteiger partial charge in [0.2, 0.25) is 0 Å². The lowest BCUT2D eigenvalue weighted by Gasteiger charge is -2.12. The molecule has 0 spiro atoms. The van der Waals surface area contributed by atoms with Crippen LogP contribution in [0.15, 0.2) is 29.8 Å². The first-order valence-electron chi connectivity index (χ1n) is 5.59. The summed E-state index contributed by atoms with van der Waals surface area (Å²) >= 11 is 1.53. The molecule has 4 nitrogen and oxygen atoms in total. The molecule has 0 saturated heterocycles. The molecule has 1 aliphatic rings. The van der Waals surface area contributed by atoms with Crippen molar-refractivity contribution in [3.63, 3.8) is 0 Å². The number of halogens is 2. The first-order valence-corrected chi connectivity index (χ1v) is 6.47. The van der Waals surface area contributed by atoms with Gasteiger partial charge in [0.05, 0.1) is 6.04 Å². The Bertz CT molecular complexity index is 589. The van der Waals surface area contributed by atoms with E-state index in [9.17, 15) is 8.78 Å². The van der Waals surface area contributed by atoms with Crippen molar-refractivity contribution in [3.05, 3.63) is 34.8 Å². The zero-order valence-corrected chi connectivity index (χ0v) is 10.7. The fourth-order valence-electron chi connectivity index (χ4n) is 1.80. The average molecular weight is 284 g/mol. The van der Waals surface area contributed by atoms with Gasteiger partial charge in [-0.3, -0.25) is 0 Å². The molecule has 0 amide bonds. The lowest BCUT2D eigenvalue weighted by molar-refractivity contribution is -0.286. The molecule has 0 radical (unpaired) electrons. The van der Waals surface area contributed by atoms with Crippen LogP contribution in [0.5, 0.6) is 11.5 Å². The summed E-state index contributed by atoms with van der Waals surface area (Å²) in [6.45, 7) is 1.94. The number of hydrogen-bond donors (Lipinski definition) is 1. The second-order valence-electron chi connectivity index (χ2n) is 4.07. The molecule has 3 rings (SSSR count). The van der Waals surface area contributed by atoms with Crippen LogP contribution in [-0.2, 0) is 0 Å². The van der Waals surface area contributed by atoms with Gasteiger partial charge in [-0.1, -0.05) is 0 Å². The molecular formula is C12H10F2N2O2S. The summed E-state index contributed by atoms with van der Waals surface area (Å²) in [5.41, 5.74) is 0.669. The van der Waals surface area contributed by atoms with Crippen LogP contribution in [0, 0.1) is 0 Å². The van der Waals surface area contributed by atoms with Crippen LogP contribution in [-0.4, -0.2) is 11.3 Å². The second-order valence-corrected chi connectivity index (χ2v) is 4.99. The van der Waals surface area contributed by atoms with Gasteiger partial charge >= 0.3 is 6.29 Å². The van der Waals surface area contributed by atoms with Crippen molar-refractivity contribution >= 4 is 17.0 Å². The van der Waals surface area contributed by atoms with Gasteiger partial charge in [0.1, 0.15) is 5.01 Å². The van der Waals surface area contributed by atoms with Gasteiger partial charge in [-0.05, 0) is 19.1 Å². The summed E-state index contributed by atoms with van der Waals surface area (Å²) in [5, 5.41) is 5.97. The summed E-state index contributed by atoms with van der Waals surface area (Å²) in [6, 6.07) is 4.59. The van der Waals surface area contributed by atoms with E-state index < -0.39 is 6.29 Å². The Morgan fingerprint density at radius 1 is 1.32 bits per heavy atom. The predicted octanol–water partition coefficient (Wildman–Crippen LogP) is 3.64. The standard InChI is InChI=1S/C12H10F2N2O2S/c1-7(11-15-4-5-19-11)16-8-2-3-9-10(6-8)18-12(13,14)17-9/h2-7,16H,1H3. The Labute approximate surface area is 112 Å². The molecule has 2 aromatic rings. The highest BCUT2D eigenvalue weighted by Crippen LogP contribution is 2.42. The lowest BCUT2D eigenvalue weighted by Crippen LogP contribution is -2.25. The van der Waals surface area contributed by atoms with Crippen molar-refractivity contribution in [2.24, 2.45) is 0 Å². The van der Waals surface area contributed by atoms with Gasteiger partial charge in [-0.15, -0.1) is 20.1 Å². The van der Waals surface area contributed by atoms with Crippen molar-refractivity contribution in [2.45, 2.75) is 19.3 Å². The van der Waals surface area contributed by atoms with E-state index in [-0.39, 0.29) is 17.5 Å². The number of thiazole rings is 1. The van der Waals surface area contributed by atoms with Crippen molar-refractivity contribution in [2.75, 3.05) is 5.32 Å². The molecule has 1 unspecified atom stereocenters. The Kier molecular flexibility index (Phi) is 2.78. The van der Waals surface area contributed by atoms with Gasteiger partial charge < -0.3 is 14.8 Å². The van der Waals surface area contributed by atoms with E-state index in [2.05, 4.69) is 19.8 Å². The molecule has 0 saturated carbocycles. The lowest BCUT2D eigenvalue weighted by atomic mass is 10.2. The number of hydrogen-bond acceptors (Lipinski definition) is 5. The van der Waals surface area contributed by atoms with Crippen LogP contribution in [0.4, 0.5) is 14.5 Å². The summed E-state index contributed by atoms with van der Waals surface area (Å²) in [4.78, 5) is 4.19. The fraction of sp³-hybridized carbons (Fsp3) is 0.250. The van der Waals surface area contributed by atoms with Crippen LogP contribution >= 0.6 is 11.3 Å². The minimum atomic E-state index is -3.58. The smallest absolute Gasteiger partial charge is 0.395 e. The second kappa shape index (κ2) is 4.34. The number of nitrogens with zero attached hydrogens (tertiary/aromatic N) is 1. The molecule has 1 N–H and O–H groups in total. The highest BCUT2D eigenvalue weighted by Gasteiger charge is 2.43. The molecule has 0 bridgehead atoms. The third kappa shape index (κ3) is 2.46. The van der Waals surface area contributed by atoms with E-state index in [1.165, 1.54) is 23.5 Å². The van der Waals surface area contributed by atoms with E-state index in [1.807, 2.05) is 12.3 Å². The Balaban J connectivity index is 1.77. The third-order valence-electron chi connectivity index (χ3n) is 2.61. The molecule has 7 heteroatoms. The first kappa shape index (κ1) is 12.2. The maximum Gasteiger partial charge on any atom is 0.586 e. The van der Waals surface area contributed by atoms with Crippen LogP contribution in [0.1, 0.15) is 18.0 Å². The van der Waals surface area contributed by atoms with E-state index >= 15 is 0 Å². The van der Waals surface area contributed by atoms with E-state index in [0.717, 1.165) is 5.01 Å². The van der Waals surface area contributed by atoms with E-state index in [4.69, 9.17) is 0 Å². The Morgan fingerprint density at radius 2 is 2.11 bits per heavy atom. The molecule has 1 aliphatic heterocycles. The van der Waals surface area contributed by atoms with E-state index in [0.29, 0.717) is 5.69 Å². The predicted molar refractivity (Wildman–Crippen MR) is 66.8 cm³/mol. The van der Waals surface area contributed by atoms with Gasteiger partial charge in [0.15, 0.2) is 11.5 Å². The van der Waals surface area contributed by atoms with Crippen LogP contribution in [0.2, 0.25) is 0 Å². The number of ether oxygens (including phenoxy) is 2. The minimum Gasteiger partial charge on any atom is -0.395 e. The van der Waals surface area contributed by atoms with E-state index in [1.54, 1.807) is 12.3 Å². The number of fused-ring (bicyclic) bond motifs is 1. The van der Waals surface area contributed by atoms with Crippen molar-refractivity contribution in [3.8, 4) is 11.5 Å². The van der Waals surface area contributed by atoms with Crippen LogP contribution in [0.3, 0.4) is 0 Å². The summed E-state index contributed by atoms with van der Waals surface area (Å²) in [6.07, 6.45) is -1.86. The van der Waals surface area contributed by atoms with Gasteiger partial charge in [0, 0.05) is 23.3 Å². The maximum absolute atomic E-state index is 12.9. The topological polar surface area (TPSA) is 43.4 Å². The van der Waals surface area contributed by atoms with Crippen molar-refractivity contribution in [1.82, 2.24) is 4.98 Å². The minimum absolute atomic E-state index is 0.0131. The van der Waals surface area contributed by atoms with Gasteiger partial charge in [0.25, 0.3) is 0 Å². The SMILES string of the molecule is CC(Nc1ccc2c(c1)OC(F)(F)O2)c1nccs1. The molecule has 0 aliphatic carbocycles. The monoisotopic (exact) mass is 284 g/mol. The fourth-order valence-corrected chi connectivity index (χ4v) is 2.44. The molecule has 19 heavy (non-hydrogen) atoms.